The number of nitriles is 1. The normalized spacial score (nSPS) is 12.2. The summed E-state index contributed by atoms with van der Waals surface area (Å²) in [7, 11) is 3.72. The average Bonchev–Trinajstić information content (AvgIpc) is 3.11. The molecule has 0 aliphatic carbocycles. The SMILES string of the molecule is Cn1ccnc1SC/C(O)=C(\C#N)c1nc2ccccc2n1C. The van der Waals surface area contributed by atoms with E-state index in [2.05, 4.69) is 16.0 Å². The van der Waals surface area contributed by atoms with Crippen LogP contribution in [0.1, 0.15) is 5.82 Å². The lowest BCUT2D eigenvalue weighted by atomic mass is 10.2. The number of aromatic nitrogens is 4. The Labute approximate surface area is 137 Å². The summed E-state index contributed by atoms with van der Waals surface area (Å²) in [5.41, 5.74) is 1.90. The summed E-state index contributed by atoms with van der Waals surface area (Å²) in [4.78, 5) is 8.65. The first-order chi connectivity index (χ1) is 11.1. The predicted octanol–water partition coefficient (Wildman–Crippen LogP) is 2.89. The van der Waals surface area contributed by atoms with Crippen LogP contribution in [0.2, 0.25) is 0 Å². The first-order valence-corrected chi connectivity index (χ1v) is 7.94. The number of hydrogen-bond donors (Lipinski definition) is 1. The van der Waals surface area contributed by atoms with Crippen molar-refractivity contribution in [3.8, 4) is 6.07 Å². The quantitative estimate of drug-likeness (QED) is 0.453. The van der Waals surface area contributed by atoms with Gasteiger partial charge in [0.25, 0.3) is 0 Å². The zero-order valence-corrected chi connectivity index (χ0v) is 13.6. The summed E-state index contributed by atoms with van der Waals surface area (Å²) < 4.78 is 3.68. The molecule has 2 aromatic heterocycles. The maximum atomic E-state index is 10.3. The van der Waals surface area contributed by atoms with E-state index < -0.39 is 0 Å². The maximum absolute atomic E-state index is 10.3. The molecule has 0 aliphatic rings. The molecule has 0 saturated heterocycles. The maximum Gasteiger partial charge on any atom is 0.168 e. The number of fused-ring (bicyclic) bond motifs is 1. The van der Waals surface area contributed by atoms with Crippen molar-refractivity contribution in [2.45, 2.75) is 5.16 Å². The molecular formula is C16H15N5OS. The van der Waals surface area contributed by atoms with Crippen molar-refractivity contribution in [1.82, 2.24) is 19.1 Å². The second kappa shape index (κ2) is 6.18. The number of allylic oxidation sites excluding steroid dienone is 1. The van der Waals surface area contributed by atoms with Gasteiger partial charge in [0.1, 0.15) is 17.4 Å². The molecule has 0 saturated carbocycles. The van der Waals surface area contributed by atoms with Crippen molar-refractivity contribution in [3.63, 3.8) is 0 Å². The zero-order chi connectivity index (χ0) is 16.4. The summed E-state index contributed by atoms with van der Waals surface area (Å²) in [6.45, 7) is 0. The number of thioether (sulfide) groups is 1. The number of benzene rings is 1. The highest BCUT2D eigenvalue weighted by atomic mass is 32.2. The van der Waals surface area contributed by atoms with Gasteiger partial charge in [-0.15, -0.1) is 0 Å². The number of rotatable bonds is 4. The summed E-state index contributed by atoms with van der Waals surface area (Å²) in [5.74, 6) is 0.724. The van der Waals surface area contributed by atoms with Crippen molar-refractivity contribution >= 4 is 28.4 Å². The summed E-state index contributed by atoms with van der Waals surface area (Å²) in [6, 6.07) is 9.70. The fraction of sp³-hybridized carbons (Fsp3) is 0.188. The minimum absolute atomic E-state index is 0.00101. The smallest absolute Gasteiger partial charge is 0.168 e. The van der Waals surface area contributed by atoms with Crippen molar-refractivity contribution in [1.29, 1.82) is 5.26 Å². The number of hydrogen-bond acceptors (Lipinski definition) is 5. The zero-order valence-electron chi connectivity index (χ0n) is 12.8. The summed E-state index contributed by atoms with van der Waals surface area (Å²) in [6.07, 6.45) is 3.53. The fourth-order valence-electron chi connectivity index (χ4n) is 2.31. The molecular weight excluding hydrogens is 310 g/mol. The lowest BCUT2D eigenvalue weighted by Gasteiger charge is -2.05. The predicted molar refractivity (Wildman–Crippen MR) is 89.8 cm³/mol. The molecule has 0 fully saturated rings. The van der Waals surface area contributed by atoms with E-state index in [9.17, 15) is 10.4 Å². The monoisotopic (exact) mass is 325 g/mol. The number of nitrogens with zero attached hydrogens (tertiary/aromatic N) is 5. The van der Waals surface area contributed by atoms with Crippen LogP contribution >= 0.6 is 11.8 Å². The van der Waals surface area contributed by atoms with Crippen LogP contribution in [0.3, 0.4) is 0 Å². The number of imidazole rings is 2. The molecule has 3 aromatic rings. The van der Waals surface area contributed by atoms with Crippen molar-refractivity contribution in [2.75, 3.05) is 5.75 Å². The third-order valence-electron chi connectivity index (χ3n) is 3.53. The molecule has 2 heterocycles. The van der Waals surface area contributed by atoms with Crippen LogP contribution in [-0.2, 0) is 14.1 Å². The van der Waals surface area contributed by atoms with Gasteiger partial charge in [0, 0.05) is 26.5 Å². The van der Waals surface area contributed by atoms with E-state index in [1.165, 1.54) is 11.8 Å². The van der Waals surface area contributed by atoms with Crippen LogP contribution in [0.5, 0.6) is 0 Å². The molecule has 0 spiro atoms. The van der Waals surface area contributed by atoms with E-state index in [1.807, 2.05) is 53.7 Å². The highest BCUT2D eigenvalue weighted by Gasteiger charge is 2.16. The lowest BCUT2D eigenvalue weighted by molar-refractivity contribution is 0.420. The average molecular weight is 325 g/mol. The summed E-state index contributed by atoms with van der Waals surface area (Å²) in [5, 5.41) is 20.6. The van der Waals surface area contributed by atoms with E-state index in [0.29, 0.717) is 5.82 Å². The van der Waals surface area contributed by atoms with Gasteiger partial charge >= 0.3 is 0 Å². The topological polar surface area (TPSA) is 79.7 Å². The molecule has 23 heavy (non-hydrogen) atoms. The molecule has 3 rings (SSSR count). The van der Waals surface area contributed by atoms with E-state index in [4.69, 9.17) is 0 Å². The Morgan fingerprint density at radius 1 is 1.35 bits per heavy atom. The van der Waals surface area contributed by atoms with Gasteiger partial charge in [-0.3, -0.25) is 0 Å². The van der Waals surface area contributed by atoms with E-state index in [-0.39, 0.29) is 17.1 Å². The van der Waals surface area contributed by atoms with Crippen LogP contribution in [0, 0.1) is 11.3 Å². The Bertz CT molecular complexity index is 931. The first-order valence-electron chi connectivity index (χ1n) is 6.96. The molecule has 1 N–H and O–H groups in total. The molecule has 7 heteroatoms. The lowest BCUT2D eigenvalue weighted by Crippen LogP contribution is -2.01. The van der Waals surface area contributed by atoms with Crippen LogP contribution in [0.4, 0.5) is 0 Å². The van der Waals surface area contributed by atoms with E-state index in [1.54, 1.807) is 6.20 Å². The van der Waals surface area contributed by atoms with Gasteiger partial charge < -0.3 is 14.2 Å². The molecule has 0 atom stereocenters. The van der Waals surface area contributed by atoms with Crippen molar-refractivity contribution < 1.29 is 5.11 Å². The molecule has 116 valence electrons. The molecule has 0 radical (unpaired) electrons. The third-order valence-corrected chi connectivity index (χ3v) is 4.60. The van der Waals surface area contributed by atoms with Gasteiger partial charge in [-0.1, -0.05) is 23.9 Å². The molecule has 0 unspecified atom stereocenters. The largest absolute Gasteiger partial charge is 0.510 e. The minimum Gasteiger partial charge on any atom is -0.510 e. The van der Waals surface area contributed by atoms with Gasteiger partial charge in [-0.05, 0) is 12.1 Å². The Hall–Kier alpha value is -2.72. The molecule has 0 amide bonds. The van der Waals surface area contributed by atoms with E-state index >= 15 is 0 Å². The third kappa shape index (κ3) is 2.81. The molecule has 6 nitrogen and oxygen atoms in total. The summed E-state index contributed by atoms with van der Waals surface area (Å²) >= 11 is 1.37. The van der Waals surface area contributed by atoms with Gasteiger partial charge in [-0.25, -0.2) is 9.97 Å². The van der Waals surface area contributed by atoms with Crippen LogP contribution < -0.4 is 0 Å². The van der Waals surface area contributed by atoms with Crippen molar-refractivity contribution in [2.24, 2.45) is 14.1 Å². The minimum atomic E-state index is -0.00101. The Morgan fingerprint density at radius 2 is 2.13 bits per heavy atom. The highest BCUT2D eigenvalue weighted by Crippen LogP contribution is 2.25. The number of para-hydroxylation sites is 2. The number of aliphatic hydroxyl groups is 1. The second-order valence-corrected chi connectivity index (χ2v) is 5.97. The fourth-order valence-corrected chi connectivity index (χ4v) is 3.12. The first kappa shape index (κ1) is 15.2. The molecule has 0 aliphatic heterocycles. The Kier molecular flexibility index (Phi) is 4.08. The van der Waals surface area contributed by atoms with Gasteiger partial charge in [0.05, 0.1) is 16.8 Å². The second-order valence-electron chi connectivity index (χ2n) is 5.03. The standard InChI is InChI=1S/C16H15N5OS/c1-20-8-7-18-16(20)23-10-14(22)11(9-17)15-19-12-5-3-4-6-13(12)21(15)2/h3-8,22H,10H2,1-2H3/b14-11-. The molecule has 1 aromatic carbocycles. The van der Waals surface area contributed by atoms with Crippen molar-refractivity contribution in [3.05, 3.63) is 48.2 Å². The van der Waals surface area contributed by atoms with Crippen LogP contribution in [-0.4, -0.2) is 30.0 Å². The number of aryl methyl sites for hydroxylation is 2. The van der Waals surface area contributed by atoms with Crippen LogP contribution in [0.15, 0.2) is 47.6 Å². The number of aliphatic hydroxyl groups excluding tert-OH is 1. The Balaban J connectivity index is 1.95. The van der Waals surface area contributed by atoms with E-state index in [0.717, 1.165) is 16.2 Å². The molecule has 0 bridgehead atoms. The van der Waals surface area contributed by atoms with Gasteiger partial charge in [0.15, 0.2) is 11.0 Å². The van der Waals surface area contributed by atoms with Gasteiger partial charge in [0.2, 0.25) is 0 Å². The van der Waals surface area contributed by atoms with Crippen LogP contribution in [0.25, 0.3) is 16.6 Å². The van der Waals surface area contributed by atoms with Gasteiger partial charge in [-0.2, -0.15) is 5.26 Å². The Morgan fingerprint density at radius 3 is 2.78 bits per heavy atom. The highest BCUT2D eigenvalue weighted by molar-refractivity contribution is 7.99.